The number of carbonyl (C=O) groups excluding carboxylic acids is 8. The highest BCUT2D eigenvalue weighted by atomic mass is 16.6. The van der Waals surface area contributed by atoms with Crippen molar-refractivity contribution in [3.8, 4) is 0 Å². The average molecular weight is 1040 g/mol. The van der Waals surface area contributed by atoms with Crippen molar-refractivity contribution in [3.05, 3.63) is 95.7 Å². The fourth-order valence-corrected chi connectivity index (χ4v) is 9.45. The predicted octanol–water partition coefficient (Wildman–Crippen LogP) is 3.65. The molecule has 12 unspecified atom stereocenters. The number of nitrogens with zero attached hydrogens (tertiary/aromatic N) is 4. The van der Waals surface area contributed by atoms with Gasteiger partial charge in [0.05, 0.1) is 24.7 Å². The third kappa shape index (κ3) is 14.5. The van der Waals surface area contributed by atoms with E-state index in [1.807, 2.05) is 42.5 Å². The second-order valence-corrected chi connectivity index (χ2v) is 19.5. The highest BCUT2D eigenvalue weighted by Crippen LogP contribution is 2.32. The lowest BCUT2D eigenvalue weighted by atomic mass is 9.92. The number of aliphatic carboxylic acids is 1. The van der Waals surface area contributed by atoms with Crippen LogP contribution in [0.15, 0.2) is 77.4 Å². The molecule has 2 fully saturated rings. The molecule has 7 amide bonds. The molecule has 2 saturated heterocycles. The van der Waals surface area contributed by atoms with Gasteiger partial charge >= 0.3 is 11.9 Å². The molecule has 1 aromatic heterocycles. The number of methoxy groups -OCH3 is 1. The van der Waals surface area contributed by atoms with Crippen molar-refractivity contribution < 1.29 is 62.1 Å². The van der Waals surface area contributed by atoms with Crippen LogP contribution in [0.3, 0.4) is 0 Å². The highest BCUT2D eigenvalue weighted by molar-refractivity contribution is 5.98. The molecule has 406 valence electrons. The van der Waals surface area contributed by atoms with Crippen LogP contribution in [0.1, 0.15) is 121 Å². The Morgan fingerprint density at radius 2 is 1.48 bits per heavy atom. The summed E-state index contributed by atoms with van der Waals surface area (Å²) in [6.45, 7) is 10.2. The summed E-state index contributed by atoms with van der Waals surface area (Å²) in [5.74, 6) is -11.5. The second kappa shape index (κ2) is 26.7. The summed E-state index contributed by atoms with van der Waals surface area (Å²) in [5, 5.41) is 18.3. The van der Waals surface area contributed by atoms with Crippen LogP contribution in [0.5, 0.6) is 0 Å². The van der Waals surface area contributed by atoms with Crippen molar-refractivity contribution in [3.63, 3.8) is 0 Å². The van der Waals surface area contributed by atoms with Crippen LogP contribution in [-0.4, -0.2) is 142 Å². The van der Waals surface area contributed by atoms with Crippen LogP contribution in [0.4, 0.5) is 0 Å². The van der Waals surface area contributed by atoms with Crippen molar-refractivity contribution in [2.24, 2.45) is 23.5 Å². The van der Waals surface area contributed by atoms with E-state index < -0.39 is 138 Å². The number of carboxylic acid groups (broad SMARTS) is 1. The first kappa shape index (κ1) is 58.5. The average Bonchev–Trinajstić information content (AvgIpc) is 4.10. The molecule has 12 atom stereocenters. The zero-order valence-corrected chi connectivity index (χ0v) is 44.1. The quantitative estimate of drug-likeness (QED) is 0.144. The largest absolute Gasteiger partial charge is 0.480 e. The molecule has 0 bridgehead atoms. The molecular weight excluding hydrogens is 969 g/mol. The lowest BCUT2D eigenvalue weighted by Gasteiger charge is -2.39. The lowest BCUT2D eigenvalue weighted by Crippen LogP contribution is -2.61. The molecule has 21 nitrogen and oxygen atoms in total. The highest BCUT2D eigenvalue weighted by Gasteiger charge is 2.46. The zero-order valence-electron chi connectivity index (χ0n) is 44.1. The number of oxazole rings is 1. The van der Waals surface area contributed by atoms with Gasteiger partial charge in [0.15, 0.2) is 12.1 Å². The Morgan fingerprint density at radius 1 is 0.853 bits per heavy atom. The molecule has 2 aromatic carbocycles. The van der Waals surface area contributed by atoms with Crippen LogP contribution >= 0.6 is 0 Å². The summed E-state index contributed by atoms with van der Waals surface area (Å²) in [6.07, 6.45) is 1.62. The number of nitrogens with two attached hydrogens (primary N) is 1. The number of nitrogens with one attached hydrogen (secondary N) is 3. The van der Waals surface area contributed by atoms with Crippen molar-refractivity contribution in [2.75, 3.05) is 27.7 Å². The van der Waals surface area contributed by atoms with Crippen molar-refractivity contribution >= 4 is 59.4 Å². The van der Waals surface area contributed by atoms with E-state index in [9.17, 15) is 48.3 Å². The Labute approximate surface area is 437 Å². The summed E-state index contributed by atoms with van der Waals surface area (Å²) < 4.78 is 18.0. The maximum Gasteiger partial charge on any atom is 0.332 e. The molecule has 2 aliphatic heterocycles. The minimum absolute atomic E-state index is 0.00712. The zero-order chi connectivity index (χ0) is 55.3. The van der Waals surface area contributed by atoms with Crippen LogP contribution in [0.2, 0.25) is 0 Å². The summed E-state index contributed by atoms with van der Waals surface area (Å²) in [5.41, 5.74) is 6.92. The number of benzene rings is 2. The minimum Gasteiger partial charge on any atom is -0.480 e. The molecular formula is C54H72N8O13. The second-order valence-electron chi connectivity index (χ2n) is 19.5. The van der Waals surface area contributed by atoms with E-state index >= 15 is 0 Å². The number of allylic oxidation sites excluding steroid dienone is 1. The predicted molar refractivity (Wildman–Crippen MR) is 273 cm³/mol. The fourth-order valence-electron chi connectivity index (χ4n) is 9.45. The van der Waals surface area contributed by atoms with Crippen molar-refractivity contribution in [1.29, 1.82) is 0 Å². The Bertz CT molecular complexity index is 2540. The van der Waals surface area contributed by atoms with Crippen LogP contribution in [0, 0.1) is 17.8 Å². The normalized spacial score (nSPS) is 25.9. The summed E-state index contributed by atoms with van der Waals surface area (Å²) in [4.78, 5) is 136. The summed E-state index contributed by atoms with van der Waals surface area (Å²) >= 11 is 0. The molecule has 3 aromatic rings. The molecule has 3 heterocycles. The van der Waals surface area contributed by atoms with Crippen molar-refractivity contribution in [1.82, 2.24) is 35.6 Å². The lowest BCUT2D eigenvalue weighted by molar-refractivity contribution is -0.163. The van der Waals surface area contributed by atoms with E-state index in [0.29, 0.717) is 24.8 Å². The maximum atomic E-state index is 15.0. The number of esters is 1. The Kier molecular flexibility index (Phi) is 20.8. The van der Waals surface area contributed by atoms with E-state index in [4.69, 9.17) is 19.6 Å². The molecule has 0 saturated carbocycles. The van der Waals surface area contributed by atoms with Crippen LogP contribution in [0.25, 0.3) is 6.08 Å². The third-order valence-electron chi connectivity index (χ3n) is 14.3. The number of hydrogen-bond acceptors (Lipinski definition) is 13. The van der Waals surface area contributed by atoms with Gasteiger partial charge in [0, 0.05) is 27.7 Å². The van der Waals surface area contributed by atoms with E-state index in [1.165, 1.54) is 44.2 Å². The first-order chi connectivity index (χ1) is 35.6. The van der Waals surface area contributed by atoms with Crippen LogP contribution < -0.4 is 21.7 Å². The van der Waals surface area contributed by atoms with Gasteiger partial charge in [-0.15, -0.1) is 0 Å². The van der Waals surface area contributed by atoms with Gasteiger partial charge in [0.2, 0.25) is 47.2 Å². The SMILES string of the molecule is CCC(C)C1C(=O)N(C)C(C(C)CC)C(=O)NC(CC(N)=O)C(=O)N2CCCC2C(=O)NC(C(OC)c2ccccc2)C(=O)OC(c2coc(C(C)/C=C/c3ccccc3)n2)C(C)C(=O)NC(C(=O)O)CC(=O)N1C. The molecule has 21 heteroatoms. The number of cyclic esters (lactones) is 1. The van der Waals surface area contributed by atoms with Crippen molar-refractivity contribution in [2.45, 2.75) is 134 Å². The minimum atomic E-state index is -1.87. The van der Waals surface area contributed by atoms with E-state index in [0.717, 1.165) is 10.5 Å². The van der Waals surface area contributed by atoms with Gasteiger partial charge in [-0.2, -0.15) is 0 Å². The van der Waals surface area contributed by atoms with E-state index in [-0.39, 0.29) is 24.6 Å². The number of fused-ring (bicyclic) bond motifs is 1. The summed E-state index contributed by atoms with van der Waals surface area (Å²) in [6, 6.07) is 8.89. The van der Waals surface area contributed by atoms with Gasteiger partial charge in [0.1, 0.15) is 48.3 Å². The van der Waals surface area contributed by atoms with Gasteiger partial charge in [-0.25, -0.2) is 14.6 Å². The van der Waals surface area contributed by atoms with E-state index in [2.05, 4.69) is 20.9 Å². The molecule has 0 radical (unpaired) electrons. The smallest absolute Gasteiger partial charge is 0.332 e. The number of carboxylic acids is 1. The molecule has 2 aliphatic rings. The first-order valence-corrected chi connectivity index (χ1v) is 25.3. The van der Waals surface area contributed by atoms with Gasteiger partial charge in [-0.3, -0.25) is 33.6 Å². The molecule has 5 rings (SSSR count). The number of amides is 7. The number of aromatic nitrogens is 1. The monoisotopic (exact) mass is 1040 g/mol. The number of carbonyl (C=O) groups is 9. The first-order valence-electron chi connectivity index (χ1n) is 25.3. The molecule has 0 spiro atoms. The number of primary amides is 1. The van der Waals surface area contributed by atoms with Gasteiger partial charge < -0.3 is 55.4 Å². The number of rotatable bonds is 14. The summed E-state index contributed by atoms with van der Waals surface area (Å²) in [7, 11) is 4.00. The number of ether oxygens (including phenoxy) is 2. The molecule has 0 aliphatic carbocycles. The standard InChI is InChI=1S/C54H72N8O13/c1-10-30(3)43-49(67)56-36(27-40(55)63)51(68)62-26-18-23-39(62)48(66)59-42(46(73-9)35-21-16-13-17-22-35)54(72)75-45(38-29-74-50(58-38)32(5)24-25-34-19-14-12-15-20-34)33(6)47(65)57-37(53(70)71)28-41(64)60(7)44(31(4)11-2)52(69)61(43)8/h12-17,19-22,24-25,29-33,36-37,39,42-46H,10-11,18,23,26-28H2,1-9H3,(H2,55,63)(H,56,67)(H,57,65)(H,59,66)(H,70,71)/b25-24+. The third-order valence-corrected chi connectivity index (χ3v) is 14.3. The number of likely N-dealkylation sites (N-methyl/N-ethyl adjacent to an activating group) is 2. The Morgan fingerprint density at radius 3 is 2.08 bits per heavy atom. The van der Waals surface area contributed by atoms with Crippen LogP contribution in [-0.2, 0) is 52.6 Å². The fraction of sp³-hybridized carbons (Fsp3) is 0.519. The number of hydrogen-bond donors (Lipinski definition) is 5. The van der Waals surface area contributed by atoms with Gasteiger partial charge in [-0.1, -0.05) is 120 Å². The van der Waals surface area contributed by atoms with E-state index in [1.54, 1.807) is 65.0 Å². The molecule has 75 heavy (non-hydrogen) atoms. The Hall–Kier alpha value is -7.42. The van der Waals surface area contributed by atoms with Gasteiger partial charge in [-0.05, 0) is 42.7 Å². The Balaban J connectivity index is 1.67. The topological polar surface area (TPSA) is 290 Å². The maximum absolute atomic E-state index is 15.0. The van der Waals surface area contributed by atoms with Gasteiger partial charge in [0.25, 0.3) is 0 Å². The molecule has 6 N–H and O–H groups in total.